The number of rotatable bonds is 10. The number of amides is 2. The monoisotopic (exact) mass is 486 g/mol. The summed E-state index contributed by atoms with van der Waals surface area (Å²) in [6.07, 6.45) is 4.42. The second-order valence-corrected chi connectivity index (χ2v) is 9.56. The largest absolute Gasteiger partial charge is 0.350 e. The lowest BCUT2D eigenvalue weighted by Gasteiger charge is -2.18. The average Bonchev–Trinajstić information content (AvgIpc) is 3.28. The molecule has 3 aromatic carbocycles. The third-order valence-electron chi connectivity index (χ3n) is 5.88. The first kappa shape index (κ1) is 24.5. The Morgan fingerprint density at radius 2 is 1.77 bits per heavy atom. The maximum Gasteiger partial charge on any atom is 0.251 e. The molecule has 1 aromatic heterocycles. The van der Waals surface area contributed by atoms with E-state index in [0.717, 1.165) is 40.0 Å². The van der Waals surface area contributed by atoms with Crippen LogP contribution in [0.1, 0.15) is 33.5 Å². The van der Waals surface area contributed by atoms with Crippen molar-refractivity contribution in [2.45, 2.75) is 32.5 Å². The lowest BCUT2D eigenvalue weighted by Crippen LogP contribution is -2.46. The number of nitrogens with zero attached hydrogens (tertiary/aromatic N) is 2. The third-order valence-corrected chi connectivity index (χ3v) is 6.53. The highest BCUT2D eigenvalue weighted by molar-refractivity contribution is 7.98. The van der Waals surface area contributed by atoms with E-state index in [9.17, 15) is 9.59 Å². The van der Waals surface area contributed by atoms with E-state index >= 15 is 0 Å². The maximum absolute atomic E-state index is 12.9. The van der Waals surface area contributed by atoms with Crippen LogP contribution in [0.25, 0.3) is 11.0 Å². The molecule has 1 heterocycles. The Bertz CT molecular complexity index is 1300. The van der Waals surface area contributed by atoms with Gasteiger partial charge in [-0.15, -0.1) is 0 Å². The quantitative estimate of drug-likeness (QED) is 0.345. The smallest absolute Gasteiger partial charge is 0.251 e. The third kappa shape index (κ3) is 6.51. The number of carbonyl (C=O) groups is 2. The molecule has 0 saturated heterocycles. The van der Waals surface area contributed by atoms with E-state index in [1.807, 2.05) is 68.0 Å². The molecule has 4 rings (SSSR count). The highest BCUT2D eigenvalue weighted by atomic mass is 32.2. The molecule has 1 unspecified atom stereocenters. The van der Waals surface area contributed by atoms with E-state index in [4.69, 9.17) is 0 Å². The molecule has 0 aliphatic rings. The van der Waals surface area contributed by atoms with Crippen LogP contribution in [-0.4, -0.2) is 39.4 Å². The minimum absolute atomic E-state index is 0.172. The van der Waals surface area contributed by atoms with Gasteiger partial charge in [0, 0.05) is 18.7 Å². The second-order valence-electron chi connectivity index (χ2n) is 8.57. The number of carbonyl (C=O) groups excluding carboxylic acids is 2. The van der Waals surface area contributed by atoms with Crippen LogP contribution < -0.4 is 10.6 Å². The first-order valence-electron chi connectivity index (χ1n) is 11.7. The van der Waals surface area contributed by atoms with Gasteiger partial charge in [-0.3, -0.25) is 9.59 Å². The molecule has 0 spiro atoms. The number of para-hydroxylation sites is 2. The summed E-state index contributed by atoms with van der Waals surface area (Å²) in [5, 5.41) is 5.89. The minimum Gasteiger partial charge on any atom is -0.350 e. The van der Waals surface area contributed by atoms with Gasteiger partial charge in [-0.1, -0.05) is 54.1 Å². The van der Waals surface area contributed by atoms with Crippen LogP contribution >= 0.6 is 11.8 Å². The van der Waals surface area contributed by atoms with Crippen LogP contribution in [0.15, 0.2) is 79.1 Å². The van der Waals surface area contributed by atoms with Crippen LogP contribution in [0.4, 0.5) is 0 Å². The topological polar surface area (TPSA) is 76.0 Å². The Hall–Kier alpha value is -3.58. The maximum atomic E-state index is 12.9. The van der Waals surface area contributed by atoms with Gasteiger partial charge in [-0.2, -0.15) is 11.8 Å². The molecular formula is C28H30N4O2S. The number of aromatic nitrogens is 2. The van der Waals surface area contributed by atoms with E-state index < -0.39 is 6.04 Å². The normalized spacial score (nSPS) is 11.8. The van der Waals surface area contributed by atoms with Gasteiger partial charge < -0.3 is 15.2 Å². The zero-order valence-electron chi connectivity index (χ0n) is 20.0. The van der Waals surface area contributed by atoms with Gasteiger partial charge in [0.05, 0.1) is 17.4 Å². The molecule has 1 atom stereocenters. The fourth-order valence-electron chi connectivity index (χ4n) is 3.94. The number of nitrogens with one attached hydrogen (secondary N) is 2. The van der Waals surface area contributed by atoms with Crippen LogP contribution in [0.5, 0.6) is 0 Å². The lowest BCUT2D eigenvalue weighted by molar-refractivity contribution is -0.123. The molecule has 6 nitrogen and oxygen atoms in total. The zero-order chi connectivity index (χ0) is 24.6. The first-order chi connectivity index (χ1) is 17.0. The summed E-state index contributed by atoms with van der Waals surface area (Å²) < 4.78 is 2.12. The van der Waals surface area contributed by atoms with Crippen molar-refractivity contribution in [1.29, 1.82) is 0 Å². The molecular weight excluding hydrogens is 456 g/mol. The van der Waals surface area contributed by atoms with Crippen molar-refractivity contribution in [2.24, 2.45) is 0 Å². The Labute approximate surface area is 210 Å². The molecule has 0 aliphatic heterocycles. The average molecular weight is 487 g/mol. The molecule has 180 valence electrons. The number of thioether (sulfide) groups is 1. The number of benzene rings is 3. The Balaban J connectivity index is 1.34. The molecule has 0 saturated carbocycles. The molecule has 0 fully saturated rings. The Kier molecular flexibility index (Phi) is 8.21. The number of hydrogen-bond acceptors (Lipinski definition) is 4. The highest BCUT2D eigenvalue weighted by Gasteiger charge is 2.21. The predicted molar refractivity (Wildman–Crippen MR) is 143 cm³/mol. The molecule has 0 radical (unpaired) electrons. The molecule has 35 heavy (non-hydrogen) atoms. The fourth-order valence-corrected chi connectivity index (χ4v) is 4.41. The summed E-state index contributed by atoms with van der Waals surface area (Å²) in [7, 11) is 0. The molecule has 0 aliphatic carbocycles. The Morgan fingerprint density at radius 3 is 2.54 bits per heavy atom. The minimum atomic E-state index is -0.579. The van der Waals surface area contributed by atoms with Gasteiger partial charge >= 0.3 is 0 Å². The van der Waals surface area contributed by atoms with Gasteiger partial charge in [0.15, 0.2) is 0 Å². The lowest BCUT2D eigenvalue weighted by atomic mass is 10.1. The van der Waals surface area contributed by atoms with Crippen molar-refractivity contribution in [1.82, 2.24) is 20.2 Å². The summed E-state index contributed by atoms with van der Waals surface area (Å²) >= 11 is 1.65. The summed E-state index contributed by atoms with van der Waals surface area (Å²) in [5.74, 6) is 0.379. The summed E-state index contributed by atoms with van der Waals surface area (Å²) in [6, 6.07) is 23.1. The van der Waals surface area contributed by atoms with Crippen molar-refractivity contribution >= 4 is 34.6 Å². The zero-order valence-corrected chi connectivity index (χ0v) is 20.8. The van der Waals surface area contributed by atoms with Crippen LogP contribution in [-0.2, 0) is 17.9 Å². The highest BCUT2D eigenvalue weighted by Crippen LogP contribution is 2.15. The van der Waals surface area contributed by atoms with Gasteiger partial charge in [-0.25, -0.2) is 4.98 Å². The van der Waals surface area contributed by atoms with Crippen LogP contribution in [0.3, 0.4) is 0 Å². The van der Waals surface area contributed by atoms with E-state index in [-0.39, 0.29) is 11.8 Å². The second kappa shape index (κ2) is 11.7. The molecule has 4 aromatic rings. The Morgan fingerprint density at radius 1 is 1.00 bits per heavy atom. The molecule has 0 bridgehead atoms. The number of hydrogen-bond donors (Lipinski definition) is 2. The molecule has 7 heteroatoms. The van der Waals surface area contributed by atoms with Crippen molar-refractivity contribution in [3.63, 3.8) is 0 Å². The van der Waals surface area contributed by atoms with E-state index in [0.29, 0.717) is 18.5 Å². The predicted octanol–water partition coefficient (Wildman–Crippen LogP) is 4.56. The van der Waals surface area contributed by atoms with Crippen molar-refractivity contribution in [3.8, 4) is 0 Å². The molecule has 2 N–H and O–H groups in total. The van der Waals surface area contributed by atoms with E-state index in [1.165, 1.54) is 0 Å². The summed E-state index contributed by atoms with van der Waals surface area (Å²) in [5.41, 5.74) is 5.82. The van der Waals surface area contributed by atoms with Crippen molar-refractivity contribution < 1.29 is 9.59 Å². The summed E-state index contributed by atoms with van der Waals surface area (Å²) in [6.45, 7) is 3.08. The number of aryl methyl sites for hydroxylation is 1. The van der Waals surface area contributed by atoms with Gasteiger partial charge in [0.25, 0.3) is 5.91 Å². The fraction of sp³-hybridized carbons (Fsp3) is 0.250. The van der Waals surface area contributed by atoms with Crippen LogP contribution in [0.2, 0.25) is 0 Å². The van der Waals surface area contributed by atoms with Gasteiger partial charge in [-0.05, 0) is 60.7 Å². The number of imidazole rings is 1. The first-order valence-corrected chi connectivity index (χ1v) is 13.0. The standard InChI is InChI=1S/C28H30N4O2S/c1-20-6-5-7-23(16-20)27(33)31-25(14-15-35-2)28(34)29-17-21-10-12-22(13-11-21)18-32-19-30-24-8-3-4-9-26(24)32/h3-13,16,19,25H,14-15,17-18H2,1-2H3,(H,29,34)(H,31,33). The van der Waals surface area contributed by atoms with Gasteiger partial charge in [0.1, 0.15) is 6.04 Å². The van der Waals surface area contributed by atoms with E-state index in [2.05, 4.69) is 38.4 Å². The molecule has 2 amide bonds. The SMILES string of the molecule is CSCCC(NC(=O)c1cccc(C)c1)C(=O)NCc1ccc(Cn2cnc3ccccc32)cc1. The van der Waals surface area contributed by atoms with Crippen molar-refractivity contribution in [3.05, 3.63) is 101 Å². The number of fused-ring (bicyclic) bond motifs is 1. The van der Waals surface area contributed by atoms with Crippen LogP contribution in [0, 0.1) is 6.92 Å². The van der Waals surface area contributed by atoms with Crippen molar-refractivity contribution in [2.75, 3.05) is 12.0 Å². The summed E-state index contributed by atoms with van der Waals surface area (Å²) in [4.78, 5) is 30.1. The van der Waals surface area contributed by atoms with Gasteiger partial charge in [0.2, 0.25) is 5.91 Å². The van der Waals surface area contributed by atoms with E-state index in [1.54, 1.807) is 17.8 Å².